The van der Waals surface area contributed by atoms with Crippen LogP contribution in [0, 0.1) is 0 Å². The number of aromatic carboxylic acids is 1. The molecule has 0 aliphatic rings. The largest absolute Gasteiger partial charge is 0.504 e. The fraction of sp³-hybridized carbons (Fsp3) is 0. The Morgan fingerprint density at radius 1 is 1.00 bits per heavy atom. The van der Waals surface area contributed by atoms with E-state index in [0.29, 0.717) is 0 Å². The van der Waals surface area contributed by atoms with Gasteiger partial charge in [-0.25, -0.2) is 9.78 Å². The summed E-state index contributed by atoms with van der Waals surface area (Å²) in [5, 5.41) is 29.6. The van der Waals surface area contributed by atoms with Crippen LogP contribution in [0.3, 0.4) is 0 Å². The van der Waals surface area contributed by atoms with Crippen molar-refractivity contribution in [2.24, 2.45) is 0 Å². The number of carboxylic acids is 1. The number of phenols is 2. The molecule has 0 aliphatic carbocycles. The van der Waals surface area contributed by atoms with E-state index in [4.69, 9.17) is 10.2 Å². The number of pyridine rings is 1. The zero-order valence-electron chi connectivity index (χ0n) is 10.1. The van der Waals surface area contributed by atoms with Crippen molar-refractivity contribution in [1.82, 2.24) is 4.98 Å². The van der Waals surface area contributed by atoms with Crippen LogP contribution in [0.4, 0.5) is 5.82 Å². The number of aromatic hydroxyl groups is 2. The molecular weight excluding hydrogens is 264 g/mol. The molecule has 2 aromatic rings. The van der Waals surface area contributed by atoms with Gasteiger partial charge < -0.3 is 20.6 Å². The zero-order chi connectivity index (χ0) is 14.7. The average molecular weight is 274 g/mol. The smallest absolute Gasteiger partial charge is 0.337 e. The van der Waals surface area contributed by atoms with Crippen LogP contribution in [0.15, 0.2) is 36.5 Å². The Kier molecular flexibility index (Phi) is 3.52. The summed E-state index contributed by atoms with van der Waals surface area (Å²) in [6, 6.07) is 6.28. The predicted octanol–water partition coefficient (Wildman–Crippen LogP) is 1.44. The van der Waals surface area contributed by atoms with Gasteiger partial charge in [0.15, 0.2) is 11.5 Å². The first-order chi connectivity index (χ1) is 9.47. The molecule has 4 N–H and O–H groups in total. The fourth-order valence-corrected chi connectivity index (χ4v) is 1.45. The number of anilines is 1. The van der Waals surface area contributed by atoms with Crippen LogP contribution in [0.5, 0.6) is 11.5 Å². The fourth-order valence-electron chi connectivity index (χ4n) is 1.45. The predicted molar refractivity (Wildman–Crippen MR) is 68.9 cm³/mol. The van der Waals surface area contributed by atoms with Crippen molar-refractivity contribution >= 4 is 17.7 Å². The van der Waals surface area contributed by atoms with E-state index in [0.717, 1.165) is 12.3 Å². The van der Waals surface area contributed by atoms with Crippen LogP contribution >= 0.6 is 0 Å². The summed E-state index contributed by atoms with van der Waals surface area (Å²) in [6.07, 6.45) is 1.12. The lowest BCUT2D eigenvalue weighted by molar-refractivity contribution is 0.0696. The number of amides is 1. The molecule has 0 saturated carbocycles. The van der Waals surface area contributed by atoms with E-state index in [1.165, 1.54) is 24.3 Å². The SMILES string of the molecule is O=C(O)c1ccc(NC(=O)c2ccc(O)c(O)c2)nc1. The summed E-state index contributed by atoms with van der Waals surface area (Å²) in [7, 11) is 0. The molecule has 1 heterocycles. The van der Waals surface area contributed by atoms with Crippen LogP contribution in [-0.2, 0) is 0 Å². The second kappa shape index (κ2) is 5.27. The number of benzene rings is 1. The van der Waals surface area contributed by atoms with Crippen LogP contribution in [0.1, 0.15) is 20.7 Å². The van der Waals surface area contributed by atoms with Crippen molar-refractivity contribution in [2.45, 2.75) is 0 Å². The maximum Gasteiger partial charge on any atom is 0.337 e. The molecule has 102 valence electrons. The number of aromatic nitrogens is 1. The number of phenolic OH excluding ortho intramolecular Hbond substituents is 2. The Labute approximate surface area is 113 Å². The lowest BCUT2D eigenvalue weighted by atomic mass is 10.2. The van der Waals surface area contributed by atoms with Gasteiger partial charge in [0.1, 0.15) is 5.82 Å². The van der Waals surface area contributed by atoms with E-state index in [1.54, 1.807) is 0 Å². The number of hydrogen-bond acceptors (Lipinski definition) is 5. The minimum Gasteiger partial charge on any atom is -0.504 e. The summed E-state index contributed by atoms with van der Waals surface area (Å²) in [5.74, 6) is -2.22. The lowest BCUT2D eigenvalue weighted by Crippen LogP contribution is -2.13. The molecule has 0 unspecified atom stereocenters. The van der Waals surface area contributed by atoms with Gasteiger partial charge in [-0.1, -0.05) is 0 Å². The van der Waals surface area contributed by atoms with Crippen LogP contribution in [0.25, 0.3) is 0 Å². The highest BCUT2D eigenvalue weighted by Crippen LogP contribution is 2.25. The highest BCUT2D eigenvalue weighted by Gasteiger charge is 2.10. The molecular formula is C13H10N2O5. The normalized spacial score (nSPS) is 10.0. The molecule has 7 nitrogen and oxygen atoms in total. The molecule has 7 heteroatoms. The summed E-state index contributed by atoms with van der Waals surface area (Å²) >= 11 is 0. The standard InChI is InChI=1S/C13H10N2O5/c16-9-3-1-7(5-10(9)17)12(18)15-11-4-2-8(6-14-11)13(19)20/h1-6,16-17H,(H,19,20)(H,14,15,18). The van der Waals surface area contributed by atoms with E-state index in [-0.39, 0.29) is 22.7 Å². The molecule has 0 aliphatic heterocycles. The summed E-state index contributed by atoms with van der Waals surface area (Å²) in [4.78, 5) is 26.3. The van der Waals surface area contributed by atoms with Crippen LogP contribution in [0.2, 0.25) is 0 Å². The number of carbonyl (C=O) groups is 2. The van der Waals surface area contributed by atoms with Crippen molar-refractivity contribution < 1.29 is 24.9 Å². The number of carboxylic acid groups (broad SMARTS) is 1. The van der Waals surface area contributed by atoms with Gasteiger partial charge in [0.05, 0.1) is 5.56 Å². The molecule has 0 fully saturated rings. The second-order valence-electron chi connectivity index (χ2n) is 3.89. The molecule has 0 atom stereocenters. The topological polar surface area (TPSA) is 120 Å². The summed E-state index contributed by atoms with van der Waals surface area (Å²) in [6.45, 7) is 0. The van der Waals surface area contributed by atoms with E-state index in [2.05, 4.69) is 10.3 Å². The van der Waals surface area contributed by atoms with Crippen molar-refractivity contribution in [3.8, 4) is 11.5 Å². The first-order valence-electron chi connectivity index (χ1n) is 5.50. The number of carbonyl (C=O) groups excluding carboxylic acids is 1. The van der Waals surface area contributed by atoms with Crippen molar-refractivity contribution in [3.05, 3.63) is 47.7 Å². The molecule has 1 aromatic carbocycles. The Balaban J connectivity index is 2.14. The van der Waals surface area contributed by atoms with Gasteiger partial charge in [-0.2, -0.15) is 0 Å². The minimum absolute atomic E-state index is 0.00489. The maximum atomic E-state index is 11.8. The zero-order valence-corrected chi connectivity index (χ0v) is 10.1. The quantitative estimate of drug-likeness (QED) is 0.629. The third-order valence-electron chi connectivity index (χ3n) is 2.49. The molecule has 0 bridgehead atoms. The van der Waals surface area contributed by atoms with Crippen molar-refractivity contribution in [1.29, 1.82) is 0 Å². The van der Waals surface area contributed by atoms with Gasteiger partial charge in [-0.05, 0) is 30.3 Å². The molecule has 2 rings (SSSR count). The molecule has 0 radical (unpaired) electrons. The Morgan fingerprint density at radius 2 is 1.70 bits per heavy atom. The minimum atomic E-state index is -1.11. The summed E-state index contributed by atoms with van der Waals surface area (Å²) < 4.78 is 0. The Hall–Kier alpha value is -3.09. The van der Waals surface area contributed by atoms with E-state index in [1.807, 2.05) is 0 Å². The Bertz CT molecular complexity index is 667. The first-order valence-corrected chi connectivity index (χ1v) is 5.50. The van der Waals surface area contributed by atoms with Crippen LogP contribution < -0.4 is 5.32 Å². The number of rotatable bonds is 3. The summed E-state index contributed by atoms with van der Waals surface area (Å²) in [5.41, 5.74) is 0.134. The molecule has 1 aromatic heterocycles. The lowest BCUT2D eigenvalue weighted by Gasteiger charge is -2.05. The van der Waals surface area contributed by atoms with Gasteiger partial charge in [-0.3, -0.25) is 4.79 Å². The van der Waals surface area contributed by atoms with Crippen molar-refractivity contribution in [2.75, 3.05) is 5.32 Å². The number of hydrogen-bond donors (Lipinski definition) is 4. The first kappa shape index (κ1) is 13.3. The van der Waals surface area contributed by atoms with Gasteiger partial charge in [-0.15, -0.1) is 0 Å². The van der Waals surface area contributed by atoms with Gasteiger partial charge in [0, 0.05) is 11.8 Å². The van der Waals surface area contributed by atoms with Crippen LogP contribution in [-0.4, -0.2) is 32.2 Å². The third kappa shape index (κ3) is 2.83. The second-order valence-corrected chi connectivity index (χ2v) is 3.89. The monoisotopic (exact) mass is 274 g/mol. The average Bonchev–Trinajstić information content (AvgIpc) is 2.42. The third-order valence-corrected chi connectivity index (χ3v) is 2.49. The maximum absolute atomic E-state index is 11.8. The van der Waals surface area contributed by atoms with E-state index < -0.39 is 17.6 Å². The van der Waals surface area contributed by atoms with E-state index >= 15 is 0 Å². The molecule has 0 spiro atoms. The molecule has 20 heavy (non-hydrogen) atoms. The molecule has 0 saturated heterocycles. The number of nitrogens with one attached hydrogen (secondary N) is 1. The van der Waals surface area contributed by atoms with Gasteiger partial charge in [0.2, 0.25) is 0 Å². The van der Waals surface area contributed by atoms with Crippen molar-refractivity contribution in [3.63, 3.8) is 0 Å². The Morgan fingerprint density at radius 3 is 2.25 bits per heavy atom. The van der Waals surface area contributed by atoms with E-state index in [9.17, 15) is 14.7 Å². The number of nitrogens with zero attached hydrogens (tertiary/aromatic N) is 1. The van der Waals surface area contributed by atoms with Gasteiger partial charge >= 0.3 is 5.97 Å². The van der Waals surface area contributed by atoms with Gasteiger partial charge in [0.25, 0.3) is 5.91 Å². The highest BCUT2D eigenvalue weighted by atomic mass is 16.4. The highest BCUT2D eigenvalue weighted by molar-refractivity contribution is 6.04. The molecule has 1 amide bonds.